The van der Waals surface area contributed by atoms with E-state index in [1.165, 1.54) is 0 Å². The van der Waals surface area contributed by atoms with Crippen LogP contribution in [0.5, 0.6) is 5.75 Å². The Kier molecular flexibility index (Phi) is 5.55. The van der Waals surface area contributed by atoms with Crippen LogP contribution in [0.15, 0.2) is 21.1 Å². The fourth-order valence-corrected chi connectivity index (χ4v) is 3.69. The fraction of sp³-hybridized carbons (Fsp3) is 0.214. The third-order valence-electron chi connectivity index (χ3n) is 3.09. The number of anilines is 1. The lowest BCUT2D eigenvalue weighted by Gasteiger charge is -2.14. The van der Waals surface area contributed by atoms with Gasteiger partial charge in [-0.25, -0.2) is 15.8 Å². The van der Waals surface area contributed by atoms with Crippen molar-refractivity contribution in [2.75, 3.05) is 5.73 Å². The largest absolute Gasteiger partial charge is 0.486 e. The van der Waals surface area contributed by atoms with Gasteiger partial charge >= 0.3 is 0 Å². The topological polar surface area (TPSA) is 116 Å². The lowest BCUT2D eigenvalue weighted by atomic mass is 10.1. The summed E-state index contributed by atoms with van der Waals surface area (Å²) in [4.78, 5) is 20.0. The number of nitrogen functional groups attached to an aromatic ring is 2. The van der Waals surface area contributed by atoms with Gasteiger partial charge < -0.3 is 10.5 Å². The quantitative estimate of drug-likeness (QED) is 0.378. The zero-order chi connectivity index (χ0) is 17.1. The molecule has 2 aromatic rings. The summed E-state index contributed by atoms with van der Waals surface area (Å²) in [5, 5.41) is 0. The number of aryl methyl sites for hydroxylation is 2. The van der Waals surface area contributed by atoms with Crippen LogP contribution in [0.1, 0.15) is 27.3 Å². The number of carbonyl (C=O) groups is 1. The Morgan fingerprint density at radius 3 is 2.61 bits per heavy atom. The molecular formula is C14H15Br2N5O2. The molecule has 1 heterocycles. The van der Waals surface area contributed by atoms with Crippen molar-refractivity contribution in [1.82, 2.24) is 15.4 Å². The first-order chi connectivity index (χ1) is 10.8. The number of hydrogen-bond acceptors (Lipinski definition) is 6. The van der Waals surface area contributed by atoms with Crippen LogP contribution in [0.25, 0.3) is 0 Å². The maximum atomic E-state index is 11.9. The van der Waals surface area contributed by atoms with Crippen LogP contribution in [0, 0.1) is 13.8 Å². The SMILES string of the molecule is Cc1cc(Br)cc(Br)c1OCc1nc(N)nc(C)c1C(=O)NN. The summed E-state index contributed by atoms with van der Waals surface area (Å²) in [6, 6.07) is 3.79. The normalized spacial score (nSPS) is 10.5. The number of carbonyl (C=O) groups excluding carboxylic acids is 1. The Hall–Kier alpha value is -1.71. The number of nitrogens with one attached hydrogen (secondary N) is 1. The molecule has 2 rings (SSSR count). The van der Waals surface area contributed by atoms with Crippen LogP contribution in [-0.4, -0.2) is 15.9 Å². The fourth-order valence-electron chi connectivity index (χ4n) is 2.14. The molecule has 0 aliphatic carbocycles. The Morgan fingerprint density at radius 2 is 2.00 bits per heavy atom. The molecule has 0 spiro atoms. The molecule has 0 atom stereocenters. The van der Waals surface area contributed by atoms with E-state index in [0.717, 1.165) is 14.5 Å². The number of ether oxygens (including phenoxy) is 1. The summed E-state index contributed by atoms with van der Waals surface area (Å²) in [5.74, 6) is 5.44. The van der Waals surface area contributed by atoms with E-state index in [9.17, 15) is 4.79 Å². The van der Waals surface area contributed by atoms with Gasteiger partial charge in [0.2, 0.25) is 5.95 Å². The van der Waals surface area contributed by atoms with Crippen LogP contribution < -0.4 is 21.7 Å². The van der Waals surface area contributed by atoms with Crippen molar-refractivity contribution < 1.29 is 9.53 Å². The molecule has 0 bridgehead atoms. The maximum absolute atomic E-state index is 11.9. The summed E-state index contributed by atoms with van der Waals surface area (Å²) in [6.07, 6.45) is 0. The summed E-state index contributed by atoms with van der Waals surface area (Å²) in [7, 11) is 0. The minimum absolute atomic E-state index is 0.0530. The highest BCUT2D eigenvalue weighted by molar-refractivity contribution is 9.11. The number of hydrazine groups is 1. The van der Waals surface area contributed by atoms with Crippen molar-refractivity contribution in [3.63, 3.8) is 0 Å². The van der Waals surface area contributed by atoms with Crippen molar-refractivity contribution in [1.29, 1.82) is 0 Å². The zero-order valence-electron chi connectivity index (χ0n) is 12.5. The minimum atomic E-state index is -0.493. The molecule has 0 radical (unpaired) electrons. The van der Waals surface area contributed by atoms with E-state index in [-0.39, 0.29) is 18.1 Å². The summed E-state index contributed by atoms with van der Waals surface area (Å²) >= 11 is 6.86. The third-order valence-corrected chi connectivity index (χ3v) is 4.13. The smallest absolute Gasteiger partial charge is 0.269 e. The van der Waals surface area contributed by atoms with Crippen LogP contribution >= 0.6 is 31.9 Å². The molecule has 0 saturated heterocycles. The molecule has 1 amide bonds. The van der Waals surface area contributed by atoms with Crippen LogP contribution in [-0.2, 0) is 6.61 Å². The molecule has 0 unspecified atom stereocenters. The van der Waals surface area contributed by atoms with Crippen molar-refractivity contribution in [3.05, 3.63) is 43.6 Å². The molecule has 0 aliphatic heterocycles. The van der Waals surface area contributed by atoms with Gasteiger partial charge in [0.05, 0.1) is 21.4 Å². The third kappa shape index (κ3) is 3.98. The van der Waals surface area contributed by atoms with Gasteiger partial charge in [-0.3, -0.25) is 10.2 Å². The van der Waals surface area contributed by atoms with Crippen LogP contribution in [0.2, 0.25) is 0 Å². The molecule has 23 heavy (non-hydrogen) atoms. The number of nitrogens with zero attached hydrogens (tertiary/aromatic N) is 2. The van der Waals surface area contributed by atoms with E-state index in [1.807, 2.05) is 19.1 Å². The number of nitrogens with two attached hydrogens (primary N) is 2. The van der Waals surface area contributed by atoms with Gasteiger partial charge in [-0.1, -0.05) is 15.9 Å². The molecule has 122 valence electrons. The van der Waals surface area contributed by atoms with Crippen molar-refractivity contribution >= 4 is 43.7 Å². The molecule has 1 aromatic heterocycles. The van der Waals surface area contributed by atoms with Crippen molar-refractivity contribution in [3.8, 4) is 5.75 Å². The minimum Gasteiger partial charge on any atom is -0.486 e. The number of amides is 1. The molecule has 5 N–H and O–H groups in total. The lowest BCUT2D eigenvalue weighted by Crippen LogP contribution is -2.32. The monoisotopic (exact) mass is 443 g/mol. The van der Waals surface area contributed by atoms with E-state index >= 15 is 0 Å². The van der Waals surface area contributed by atoms with Gasteiger partial charge in [-0.2, -0.15) is 0 Å². The summed E-state index contributed by atoms with van der Waals surface area (Å²) in [5.41, 5.74) is 9.73. The van der Waals surface area contributed by atoms with E-state index in [2.05, 4.69) is 47.3 Å². The first-order valence-corrected chi connectivity index (χ1v) is 8.14. The molecular weight excluding hydrogens is 430 g/mol. The van der Waals surface area contributed by atoms with Crippen molar-refractivity contribution in [2.45, 2.75) is 20.5 Å². The number of aromatic nitrogens is 2. The zero-order valence-corrected chi connectivity index (χ0v) is 15.7. The predicted molar refractivity (Wildman–Crippen MR) is 93.7 cm³/mol. The van der Waals surface area contributed by atoms with Gasteiger partial charge in [0, 0.05) is 4.47 Å². The number of rotatable bonds is 4. The molecule has 0 fully saturated rings. The number of halogens is 2. The van der Waals surface area contributed by atoms with Gasteiger partial charge in [0.1, 0.15) is 12.4 Å². The summed E-state index contributed by atoms with van der Waals surface area (Å²) in [6.45, 7) is 3.63. The standard InChI is InChI=1S/C14H15Br2N5O2/c1-6-3-8(15)4-9(16)12(6)23-5-10-11(13(22)21-18)7(2)19-14(17)20-10/h3-4H,5,18H2,1-2H3,(H,21,22)(H2,17,19,20). The number of benzene rings is 1. The predicted octanol–water partition coefficient (Wildman–Crippen LogP) is 2.38. The van der Waals surface area contributed by atoms with E-state index in [4.69, 9.17) is 16.3 Å². The highest BCUT2D eigenvalue weighted by Crippen LogP contribution is 2.33. The first kappa shape index (κ1) is 17.6. The first-order valence-electron chi connectivity index (χ1n) is 6.55. The molecule has 9 heteroatoms. The van der Waals surface area contributed by atoms with Crippen molar-refractivity contribution in [2.24, 2.45) is 5.84 Å². The Labute approximate surface area is 150 Å². The van der Waals surface area contributed by atoms with Crippen LogP contribution in [0.4, 0.5) is 5.95 Å². The number of hydrogen-bond donors (Lipinski definition) is 3. The highest BCUT2D eigenvalue weighted by Gasteiger charge is 2.18. The Balaban J connectivity index is 2.36. The van der Waals surface area contributed by atoms with Gasteiger partial charge in [0.25, 0.3) is 5.91 Å². The Morgan fingerprint density at radius 1 is 1.30 bits per heavy atom. The Bertz CT molecular complexity index is 744. The van der Waals surface area contributed by atoms with E-state index in [0.29, 0.717) is 17.1 Å². The average molecular weight is 445 g/mol. The molecule has 0 aliphatic rings. The second kappa shape index (κ2) is 7.24. The second-order valence-corrected chi connectivity index (χ2v) is 6.55. The lowest BCUT2D eigenvalue weighted by molar-refractivity contribution is 0.0949. The molecule has 1 aromatic carbocycles. The van der Waals surface area contributed by atoms with Gasteiger partial charge in [0.15, 0.2) is 0 Å². The molecule has 7 nitrogen and oxygen atoms in total. The van der Waals surface area contributed by atoms with Crippen LogP contribution in [0.3, 0.4) is 0 Å². The van der Waals surface area contributed by atoms with Gasteiger partial charge in [-0.15, -0.1) is 0 Å². The second-order valence-electron chi connectivity index (χ2n) is 4.78. The van der Waals surface area contributed by atoms with Gasteiger partial charge in [-0.05, 0) is 47.5 Å². The molecule has 0 saturated carbocycles. The average Bonchev–Trinajstić information content (AvgIpc) is 2.44. The maximum Gasteiger partial charge on any atom is 0.269 e. The highest BCUT2D eigenvalue weighted by atomic mass is 79.9. The van der Waals surface area contributed by atoms with E-state index < -0.39 is 5.91 Å². The van der Waals surface area contributed by atoms with E-state index in [1.54, 1.807) is 6.92 Å². The summed E-state index contributed by atoms with van der Waals surface area (Å²) < 4.78 is 7.53.